The van der Waals surface area contributed by atoms with E-state index in [0.29, 0.717) is 17.5 Å². The van der Waals surface area contributed by atoms with Crippen molar-refractivity contribution in [2.45, 2.75) is 105 Å². The van der Waals surface area contributed by atoms with Crippen LogP contribution in [0.5, 0.6) is 0 Å². The maximum absolute atomic E-state index is 14.1. The molecule has 0 aromatic heterocycles. The summed E-state index contributed by atoms with van der Waals surface area (Å²) < 4.78 is 5.42. The van der Waals surface area contributed by atoms with Crippen LogP contribution in [0.4, 0.5) is 4.79 Å². The lowest BCUT2D eigenvalue weighted by molar-refractivity contribution is -0.146. The minimum Gasteiger partial charge on any atom is -0.444 e. The molecule has 0 radical (unpaired) electrons. The number of nitrogens with zero attached hydrogens (tertiary/aromatic N) is 1. The van der Waals surface area contributed by atoms with Crippen LogP contribution in [0.2, 0.25) is 0 Å². The topological polar surface area (TPSA) is 87.7 Å². The second-order valence-electron chi connectivity index (χ2n) is 11.2. The van der Waals surface area contributed by atoms with Crippen LogP contribution in [0, 0.1) is 18.3 Å². The monoisotopic (exact) mass is 485 g/mol. The van der Waals surface area contributed by atoms with Crippen LogP contribution < -0.4 is 10.6 Å². The lowest BCUT2D eigenvalue weighted by Gasteiger charge is -2.39. The molecular weight excluding hydrogens is 442 g/mol. The van der Waals surface area contributed by atoms with Gasteiger partial charge in [0.15, 0.2) is 0 Å². The van der Waals surface area contributed by atoms with Crippen LogP contribution in [-0.4, -0.2) is 46.0 Å². The number of carbonyl (C=O) groups is 3. The molecule has 3 unspecified atom stereocenters. The Hall–Kier alpha value is -3.01. The number of amides is 3. The van der Waals surface area contributed by atoms with Crippen LogP contribution in [0.3, 0.4) is 0 Å². The van der Waals surface area contributed by atoms with Crippen LogP contribution in [0.1, 0.15) is 92.8 Å². The number of alkyl carbamates (subject to hydrolysis) is 1. The van der Waals surface area contributed by atoms with E-state index in [0.717, 1.165) is 0 Å². The van der Waals surface area contributed by atoms with Crippen molar-refractivity contribution in [2.75, 3.05) is 0 Å². The predicted octanol–water partition coefficient (Wildman–Crippen LogP) is 4.80. The molecule has 0 spiro atoms. The SMILES string of the molecule is C#Cc1ccccc1C(C(=O)NC(C)(C)C)N(C(=O)C(NC(=O)OC(C)(C)C)C(C)CC)C(C)C. The number of hydrogen-bond donors (Lipinski definition) is 2. The molecule has 0 aliphatic carbocycles. The summed E-state index contributed by atoms with van der Waals surface area (Å²) in [5.41, 5.74) is -0.165. The van der Waals surface area contributed by atoms with Crippen molar-refractivity contribution in [1.82, 2.24) is 15.5 Å². The molecule has 35 heavy (non-hydrogen) atoms. The first-order chi connectivity index (χ1) is 16.0. The maximum atomic E-state index is 14.1. The Balaban J connectivity index is 3.62. The lowest BCUT2D eigenvalue weighted by atomic mass is 9.92. The van der Waals surface area contributed by atoms with Gasteiger partial charge in [0.25, 0.3) is 0 Å². The third kappa shape index (κ3) is 8.93. The zero-order chi connectivity index (χ0) is 27.1. The van der Waals surface area contributed by atoms with E-state index in [1.165, 1.54) is 4.90 Å². The molecule has 0 aliphatic heterocycles. The van der Waals surface area contributed by atoms with Crippen molar-refractivity contribution in [3.63, 3.8) is 0 Å². The largest absolute Gasteiger partial charge is 0.444 e. The highest BCUT2D eigenvalue weighted by Gasteiger charge is 2.40. The number of hydrogen-bond acceptors (Lipinski definition) is 4. The van der Waals surface area contributed by atoms with Crippen molar-refractivity contribution in [1.29, 1.82) is 0 Å². The molecule has 0 heterocycles. The van der Waals surface area contributed by atoms with Gasteiger partial charge >= 0.3 is 6.09 Å². The molecule has 1 aromatic rings. The molecule has 0 saturated carbocycles. The average Bonchev–Trinajstić information content (AvgIpc) is 2.71. The molecule has 0 saturated heterocycles. The van der Waals surface area contributed by atoms with Gasteiger partial charge in [0.2, 0.25) is 11.8 Å². The highest BCUT2D eigenvalue weighted by molar-refractivity contribution is 5.93. The number of nitrogens with one attached hydrogen (secondary N) is 2. The van der Waals surface area contributed by atoms with Gasteiger partial charge in [0.1, 0.15) is 17.7 Å². The van der Waals surface area contributed by atoms with E-state index >= 15 is 0 Å². The molecule has 7 heteroatoms. The average molecular weight is 486 g/mol. The first kappa shape index (κ1) is 30.0. The molecule has 3 amide bonds. The van der Waals surface area contributed by atoms with Gasteiger partial charge in [-0.05, 0) is 72.9 Å². The Morgan fingerprint density at radius 2 is 1.63 bits per heavy atom. The van der Waals surface area contributed by atoms with Crippen molar-refractivity contribution >= 4 is 17.9 Å². The summed E-state index contributed by atoms with van der Waals surface area (Å²) in [7, 11) is 0. The van der Waals surface area contributed by atoms with Gasteiger partial charge in [-0.2, -0.15) is 0 Å². The van der Waals surface area contributed by atoms with Crippen molar-refractivity contribution in [3.8, 4) is 12.3 Å². The molecule has 194 valence electrons. The van der Waals surface area contributed by atoms with Crippen LogP contribution in [0.15, 0.2) is 24.3 Å². The van der Waals surface area contributed by atoms with E-state index in [1.807, 2.05) is 48.5 Å². The van der Waals surface area contributed by atoms with E-state index in [1.54, 1.807) is 45.0 Å². The quantitative estimate of drug-likeness (QED) is 0.518. The van der Waals surface area contributed by atoms with E-state index < -0.39 is 29.3 Å². The lowest BCUT2D eigenvalue weighted by Crippen LogP contribution is -2.58. The van der Waals surface area contributed by atoms with Gasteiger partial charge < -0.3 is 20.3 Å². The molecule has 1 aromatic carbocycles. The molecule has 1 rings (SSSR count). The fourth-order valence-corrected chi connectivity index (χ4v) is 3.68. The third-order valence-corrected chi connectivity index (χ3v) is 5.40. The molecule has 0 bridgehead atoms. The Morgan fingerprint density at radius 3 is 2.09 bits per heavy atom. The second-order valence-corrected chi connectivity index (χ2v) is 11.2. The van der Waals surface area contributed by atoms with Gasteiger partial charge in [-0.1, -0.05) is 44.4 Å². The maximum Gasteiger partial charge on any atom is 0.408 e. The summed E-state index contributed by atoms with van der Waals surface area (Å²) in [5, 5.41) is 5.76. The minimum atomic E-state index is -0.985. The molecule has 3 atom stereocenters. The zero-order valence-electron chi connectivity index (χ0n) is 23.0. The number of rotatable bonds is 8. The fourth-order valence-electron chi connectivity index (χ4n) is 3.68. The smallest absolute Gasteiger partial charge is 0.408 e. The van der Waals surface area contributed by atoms with E-state index in [9.17, 15) is 14.4 Å². The summed E-state index contributed by atoms with van der Waals surface area (Å²) in [5.74, 6) is 1.72. The Morgan fingerprint density at radius 1 is 1.06 bits per heavy atom. The molecule has 0 fully saturated rings. The Kier molecular flexibility index (Phi) is 10.4. The number of benzene rings is 1. The third-order valence-electron chi connectivity index (χ3n) is 5.40. The standard InChI is InChI=1S/C28H43N3O4/c1-12-19(5)22(29-26(34)35-28(9,10)11)25(33)31(18(3)4)23(24(32)30-27(6,7)8)21-17-15-14-16-20(21)13-2/h2,14-19,22-23H,12H2,1,3-11H3,(H,29,34)(H,30,32). The second kappa shape index (κ2) is 12.1. The Labute approximate surface area is 211 Å². The van der Waals surface area contributed by atoms with Gasteiger partial charge in [-0.25, -0.2) is 4.79 Å². The normalized spacial score (nSPS) is 14.3. The number of carbonyl (C=O) groups excluding carboxylic acids is 3. The number of terminal acetylenes is 1. The van der Waals surface area contributed by atoms with Crippen LogP contribution in [0.25, 0.3) is 0 Å². The van der Waals surface area contributed by atoms with Gasteiger partial charge in [-0.15, -0.1) is 6.42 Å². The zero-order valence-corrected chi connectivity index (χ0v) is 23.0. The summed E-state index contributed by atoms with van der Waals surface area (Å²) >= 11 is 0. The van der Waals surface area contributed by atoms with Crippen LogP contribution >= 0.6 is 0 Å². The Bertz CT molecular complexity index is 935. The first-order valence-electron chi connectivity index (χ1n) is 12.2. The first-order valence-corrected chi connectivity index (χ1v) is 12.2. The summed E-state index contributed by atoms with van der Waals surface area (Å²) in [4.78, 5) is 41.9. The molecule has 0 aliphatic rings. The molecule has 2 N–H and O–H groups in total. The molecule has 7 nitrogen and oxygen atoms in total. The highest BCUT2D eigenvalue weighted by Crippen LogP contribution is 2.29. The highest BCUT2D eigenvalue weighted by atomic mass is 16.6. The summed E-state index contributed by atoms with van der Waals surface area (Å²) in [6.45, 7) is 18.4. The van der Waals surface area contributed by atoms with Gasteiger partial charge in [0.05, 0.1) is 0 Å². The van der Waals surface area contributed by atoms with E-state index in [2.05, 4.69) is 16.6 Å². The predicted molar refractivity (Wildman–Crippen MR) is 140 cm³/mol. The fraction of sp³-hybridized carbons (Fsp3) is 0.607. The number of ether oxygens (including phenoxy) is 1. The summed E-state index contributed by atoms with van der Waals surface area (Å²) in [6.07, 6.45) is 5.72. The van der Waals surface area contributed by atoms with E-state index in [4.69, 9.17) is 11.2 Å². The molecular formula is C28H43N3O4. The van der Waals surface area contributed by atoms with Crippen molar-refractivity contribution < 1.29 is 19.1 Å². The van der Waals surface area contributed by atoms with Crippen LogP contribution in [-0.2, 0) is 14.3 Å². The minimum absolute atomic E-state index is 0.203. The van der Waals surface area contributed by atoms with Gasteiger partial charge in [0, 0.05) is 17.1 Å². The van der Waals surface area contributed by atoms with Crippen molar-refractivity contribution in [2.24, 2.45) is 5.92 Å². The summed E-state index contributed by atoms with van der Waals surface area (Å²) in [6, 6.07) is 4.87. The van der Waals surface area contributed by atoms with E-state index in [-0.39, 0.29) is 23.8 Å². The van der Waals surface area contributed by atoms with Gasteiger partial charge in [-0.3, -0.25) is 9.59 Å². The van der Waals surface area contributed by atoms with Crippen molar-refractivity contribution in [3.05, 3.63) is 35.4 Å².